The third-order valence-corrected chi connectivity index (χ3v) is 5.38. The fourth-order valence-corrected chi connectivity index (χ4v) is 3.55. The second-order valence-electron chi connectivity index (χ2n) is 5.07. The molecule has 1 aromatic carbocycles. The molecule has 0 saturated carbocycles. The van der Waals surface area contributed by atoms with Crippen molar-refractivity contribution in [1.29, 1.82) is 0 Å². The van der Waals surface area contributed by atoms with Crippen LogP contribution in [0.25, 0.3) is 0 Å². The molecule has 0 saturated heterocycles. The van der Waals surface area contributed by atoms with Crippen molar-refractivity contribution in [3.63, 3.8) is 0 Å². The minimum Gasteiger partial charge on any atom is -0.368 e. The molecule has 118 valence electrons. The quantitative estimate of drug-likeness (QED) is 0.704. The van der Waals surface area contributed by atoms with E-state index in [1.165, 1.54) is 6.26 Å². The van der Waals surface area contributed by atoms with Crippen LogP contribution in [-0.4, -0.2) is 38.4 Å². The Balaban J connectivity index is 2.62. The fraction of sp³-hybridized carbons (Fsp3) is 0.500. The maximum atomic E-state index is 11.5. The molecule has 1 atom stereocenters. The summed E-state index contributed by atoms with van der Waals surface area (Å²) in [6.07, 6.45) is 1.79. The molecule has 0 aromatic heterocycles. The molecule has 1 unspecified atom stereocenters. The van der Waals surface area contributed by atoms with Crippen LogP contribution in [0.1, 0.15) is 20.3 Å². The Morgan fingerprint density at radius 1 is 1.33 bits per heavy atom. The van der Waals surface area contributed by atoms with Crippen molar-refractivity contribution in [2.75, 3.05) is 18.6 Å². The molecule has 0 heterocycles. The first-order valence-corrected chi connectivity index (χ1v) is 9.54. The van der Waals surface area contributed by atoms with Crippen molar-refractivity contribution in [2.45, 2.75) is 35.6 Å². The van der Waals surface area contributed by atoms with Gasteiger partial charge in [0.2, 0.25) is 5.91 Å². The standard InChI is InChI=1S/C14H22N2O3S2/c1-4-16-14(2,13(15)17)9-10-20-11-5-7-12(8-6-11)21(3,18)19/h5-8,16H,4,9-10H2,1-3H3,(H2,15,17). The number of carbonyl (C=O) groups is 1. The first-order valence-electron chi connectivity index (χ1n) is 6.67. The molecule has 0 aliphatic heterocycles. The van der Waals surface area contributed by atoms with Crippen molar-refractivity contribution in [1.82, 2.24) is 5.32 Å². The summed E-state index contributed by atoms with van der Waals surface area (Å²) in [6.45, 7) is 4.40. The molecule has 3 N–H and O–H groups in total. The summed E-state index contributed by atoms with van der Waals surface area (Å²) in [4.78, 5) is 12.8. The van der Waals surface area contributed by atoms with E-state index in [1.807, 2.05) is 6.92 Å². The van der Waals surface area contributed by atoms with E-state index in [-0.39, 0.29) is 5.91 Å². The molecule has 0 spiro atoms. The van der Waals surface area contributed by atoms with Crippen LogP contribution in [-0.2, 0) is 14.6 Å². The van der Waals surface area contributed by atoms with E-state index in [4.69, 9.17) is 5.73 Å². The Morgan fingerprint density at radius 3 is 2.33 bits per heavy atom. The molecule has 0 aliphatic carbocycles. The lowest BCUT2D eigenvalue weighted by Gasteiger charge is -2.26. The highest BCUT2D eigenvalue weighted by atomic mass is 32.2. The van der Waals surface area contributed by atoms with E-state index >= 15 is 0 Å². The number of amides is 1. The smallest absolute Gasteiger partial charge is 0.237 e. The van der Waals surface area contributed by atoms with Crippen LogP contribution in [0.5, 0.6) is 0 Å². The molecule has 5 nitrogen and oxygen atoms in total. The number of benzene rings is 1. The molecule has 0 fully saturated rings. The van der Waals surface area contributed by atoms with Crippen LogP contribution in [0.4, 0.5) is 0 Å². The normalized spacial score (nSPS) is 14.6. The molecule has 7 heteroatoms. The van der Waals surface area contributed by atoms with E-state index in [0.717, 1.165) is 4.90 Å². The summed E-state index contributed by atoms with van der Waals surface area (Å²) < 4.78 is 22.7. The number of hydrogen-bond donors (Lipinski definition) is 2. The number of rotatable bonds is 8. The van der Waals surface area contributed by atoms with Gasteiger partial charge < -0.3 is 11.1 Å². The second kappa shape index (κ2) is 7.29. The van der Waals surface area contributed by atoms with Gasteiger partial charge in [-0.2, -0.15) is 0 Å². The van der Waals surface area contributed by atoms with Gasteiger partial charge in [-0.3, -0.25) is 4.79 Å². The van der Waals surface area contributed by atoms with Gasteiger partial charge in [-0.05, 0) is 44.2 Å². The number of nitrogens with two attached hydrogens (primary N) is 1. The van der Waals surface area contributed by atoms with Crippen LogP contribution in [0.3, 0.4) is 0 Å². The molecular weight excluding hydrogens is 308 g/mol. The molecule has 0 aliphatic rings. The van der Waals surface area contributed by atoms with Gasteiger partial charge >= 0.3 is 0 Å². The average molecular weight is 330 g/mol. The number of carbonyl (C=O) groups excluding carboxylic acids is 1. The summed E-state index contributed by atoms with van der Waals surface area (Å²) >= 11 is 1.57. The van der Waals surface area contributed by atoms with E-state index in [0.29, 0.717) is 23.6 Å². The lowest BCUT2D eigenvalue weighted by Crippen LogP contribution is -2.53. The monoisotopic (exact) mass is 330 g/mol. The molecular formula is C14H22N2O3S2. The van der Waals surface area contributed by atoms with E-state index in [9.17, 15) is 13.2 Å². The Kier molecular flexibility index (Phi) is 6.24. The first kappa shape index (κ1) is 18.0. The summed E-state index contributed by atoms with van der Waals surface area (Å²) in [5, 5.41) is 3.11. The lowest BCUT2D eigenvalue weighted by molar-refractivity contribution is -0.123. The van der Waals surface area contributed by atoms with Crippen LogP contribution in [0.2, 0.25) is 0 Å². The van der Waals surface area contributed by atoms with Gasteiger partial charge in [0.1, 0.15) is 0 Å². The Morgan fingerprint density at radius 2 is 1.90 bits per heavy atom. The lowest BCUT2D eigenvalue weighted by atomic mass is 9.98. The number of likely N-dealkylation sites (N-methyl/N-ethyl adjacent to an activating group) is 1. The van der Waals surface area contributed by atoms with Gasteiger partial charge in [0.15, 0.2) is 9.84 Å². The van der Waals surface area contributed by atoms with Crippen molar-refractivity contribution < 1.29 is 13.2 Å². The first-order chi connectivity index (χ1) is 9.69. The van der Waals surface area contributed by atoms with Crippen LogP contribution in [0, 0.1) is 0 Å². The summed E-state index contributed by atoms with van der Waals surface area (Å²) in [6, 6.07) is 6.73. The zero-order valence-electron chi connectivity index (χ0n) is 12.5. The molecule has 21 heavy (non-hydrogen) atoms. The molecule has 0 radical (unpaired) electrons. The van der Waals surface area contributed by atoms with E-state index in [1.54, 1.807) is 43.0 Å². The SMILES string of the molecule is CCNC(C)(CCSc1ccc(S(C)(=O)=O)cc1)C(N)=O. The Labute approximate surface area is 130 Å². The van der Waals surface area contributed by atoms with Crippen LogP contribution in [0.15, 0.2) is 34.1 Å². The van der Waals surface area contributed by atoms with Crippen molar-refractivity contribution in [3.05, 3.63) is 24.3 Å². The largest absolute Gasteiger partial charge is 0.368 e. The Bertz CT molecular complexity index is 585. The number of hydrogen-bond acceptors (Lipinski definition) is 5. The highest BCUT2D eigenvalue weighted by Crippen LogP contribution is 2.23. The summed E-state index contributed by atoms with van der Waals surface area (Å²) in [7, 11) is -3.16. The predicted molar refractivity (Wildman–Crippen MR) is 86.2 cm³/mol. The molecule has 1 amide bonds. The van der Waals surface area contributed by atoms with Crippen molar-refractivity contribution in [2.24, 2.45) is 5.73 Å². The van der Waals surface area contributed by atoms with E-state index < -0.39 is 15.4 Å². The van der Waals surface area contributed by atoms with Gasteiger partial charge in [-0.25, -0.2) is 8.42 Å². The number of sulfone groups is 1. The zero-order chi connectivity index (χ0) is 16.1. The van der Waals surface area contributed by atoms with Gasteiger partial charge in [0.25, 0.3) is 0 Å². The zero-order valence-corrected chi connectivity index (χ0v) is 14.2. The summed E-state index contributed by atoms with van der Waals surface area (Å²) in [5.41, 5.74) is 4.71. The van der Waals surface area contributed by atoms with Crippen LogP contribution >= 0.6 is 11.8 Å². The number of nitrogens with one attached hydrogen (secondary N) is 1. The van der Waals surface area contributed by atoms with Crippen molar-refractivity contribution in [3.8, 4) is 0 Å². The third kappa shape index (κ3) is 5.33. The number of primary amides is 1. The molecule has 1 aromatic rings. The van der Waals surface area contributed by atoms with Gasteiger partial charge in [-0.1, -0.05) is 6.92 Å². The van der Waals surface area contributed by atoms with Gasteiger partial charge in [-0.15, -0.1) is 11.8 Å². The third-order valence-electron chi connectivity index (χ3n) is 3.23. The molecule has 0 bridgehead atoms. The van der Waals surface area contributed by atoms with Gasteiger partial charge in [0.05, 0.1) is 10.4 Å². The highest BCUT2D eigenvalue weighted by Gasteiger charge is 2.29. The molecule has 1 rings (SSSR count). The maximum absolute atomic E-state index is 11.5. The highest BCUT2D eigenvalue weighted by molar-refractivity contribution is 7.99. The van der Waals surface area contributed by atoms with Crippen molar-refractivity contribution >= 4 is 27.5 Å². The summed E-state index contributed by atoms with van der Waals surface area (Å²) in [5.74, 6) is 0.349. The minimum absolute atomic E-state index is 0.307. The Hall–Kier alpha value is -1.05. The minimum atomic E-state index is -3.16. The fourth-order valence-electron chi connectivity index (χ4n) is 1.84. The average Bonchev–Trinajstić information content (AvgIpc) is 2.38. The van der Waals surface area contributed by atoms with E-state index in [2.05, 4.69) is 5.32 Å². The maximum Gasteiger partial charge on any atom is 0.237 e. The number of thioether (sulfide) groups is 1. The van der Waals surface area contributed by atoms with Gasteiger partial charge in [0, 0.05) is 16.9 Å². The van der Waals surface area contributed by atoms with Crippen LogP contribution < -0.4 is 11.1 Å². The predicted octanol–water partition coefficient (Wildman–Crippen LogP) is 1.43. The topological polar surface area (TPSA) is 89.3 Å². The second-order valence-corrected chi connectivity index (χ2v) is 8.25.